The third kappa shape index (κ3) is 4.54. The number of ether oxygens (including phenoxy) is 1. The third-order valence-corrected chi connectivity index (χ3v) is 4.61. The lowest BCUT2D eigenvalue weighted by molar-refractivity contribution is 0.231. The minimum atomic E-state index is 0. The highest BCUT2D eigenvalue weighted by atomic mass is 35.5. The lowest BCUT2D eigenvalue weighted by atomic mass is 10.3. The fraction of sp³-hybridized carbons (Fsp3) is 0.438. The molecule has 3 rings (SSSR count). The van der Waals surface area contributed by atoms with Crippen molar-refractivity contribution in [3.8, 4) is 11.6 Å². The van der Waals surface area contributed by atoms with Crippen molar-refractivity contribution in [3.63, 3.8) is 0 Å². The summed E-state index contributed by atoms with van der Waals surface area (Å²) in [6, 6.07) is 7.40. The van der Waals surface area contributed by atoms with E-state index in [2.05, 4.69) is 10.00 Å². The second kappa shape index (κ2) is 8.25. The summed E-state index contributed by atoms with van der Waals surface area (Å²) in [5.74, 6) is 0.641. The van der Waals surface area contributed by atoms with Crippen molar-refractivity contribution in [1.29, 1.82) is 0 Å². The lowest BCUT2D eigenvalue weighted by Crippen LogP contribution is -2.25. The predicted octanol–water partition coefficient (Wildman–Crippen LogP) is 4.38. The Morgan fingerprint density at radius 3 is 2.57 bits per heavy atom. The molecule has 1 aliphatic heterocycles. The molecule has 2 aromatic rings. The maximum absolute atomic E-state index is 6.07. The number of aryl methyl sites for hydroxylation is 1. The highest BCUT2D eigenvalue weighted by molar-refractivity contribution is 6.42. The maximum atomic E-state index is 6.07. The number of hydrogen-bond donors (Lipinski definition) is 0. The van der Waals surface area contributed by atoms with Crippen LogP contribution in [0.5, 0.6) is 5.88 Å². The SMILES string of the molecule is Cc1cc(OCCN2CCCC2)nn1-c1ccc(Cl)c(Cl)c1.Cl. The summed E-state index contributed by atoms with van der Waals surface area (Å²) in [6.45, 7) is 5.97. The van der Waals surface area contributed by atoms with E-state index in [9.17, 15) is 0 Å². The highest BCUT2D eigenvalue weighted by Crippen LogP contribution is 2.25. The normalized spacial score (nSPS) is 14.7. The fourth-order valence-electron chi connectivity index (χ4n) is 2.68. The average molecular weight is 377 g/mol. The molecule has 0 bridgehead atoms. The van der Waals surface area contributed by atoms with Gasteiger partial charge in [0.2, 0.25) is 5.88 Å². The molecule has 0 unspecified atom stereocenters. The monoisotopic (exact) mass is 375 g/mol. The van der Waals surface area contributed by atoms with Crippen molar-refractivity contribution in [3.05, 3.63) is 40.0 Å². The summed E-state index contributed by atoms with van der Waals surface area (Å²) >= 11 is 12.0. The van der Waals surface area contributed by atoms with Gasteiger partial charge in [0, 0.05) is 18.3 Å². The Morgan fingerprint density at radius 2 is 1.87 bits per heavy atom. The molecule has 1 saturated heterocycles. The smallest absolute Gasteiger partial charge is 0.233 e. The molecule has 0 aliphatic carbocycles. The molecule has 23 heavy (non-hydrogen) atoms. The van der Waals surface area contributed by atoms with Crippen LogP contribution in [0.1, 0.15) is 18.5 Å². The van der Waals surface area contributed by atoms with Gasteiger partial charge in [-0.15, -0.1) is 17.5 Å². The number of rotatable bonds is 5. The number of halogens is 3. The molecule has 2 heterocycles. The van der Waals surface area contributed by atoms with Gasteiger partial charge in [0.05, 0.1) is 15.7 Å². The van der Waals surface area contributed by atoms with Crippen LogP contribution in [-0.4, -0.2) is 40.9 Å². The molecular formula is C16H20Cl3N3O. The summed E-state index contributed by atoms with van der Waals surface area (Å²) in [5.41, 5.74) is 1.87. The largest absolute Gasteiger partial charge is 0.475 e. The molecule has 1 aliphatic rings. The van der Waals surface area contributed by atoms with E-state index in [-0.39, 0.29) is 12.4 Å². The minimum Gasteiger partial charge on any atom is -0.475 e. The van der Waals surface area contributed by atoms with Crippen molar-refractivity contribution in [1.82, 2.24) is 14.7 Å². The first-order chi connectivity index (χ1) is 10.6. The van der Waals surface area contributed by atoms with Crippen LogP contribution in [0.25, 0.3) is 5.69 Å². The van der Waals surface area contributed by atoms with Crippen molar-refractivity contribution in [2.45, 2.75) is 19.8 Å². The zero-order valence-corrected chi connectivity index (χ0v) is 15.3. The van der Waals surface area contributed by atoms with Crippen LogP contribution < -0.4 is 4.74 Å². The average Bonchev–Trinajstić information content (AvgIpc) is 3.12. The van der Waals surface area contributed by atoms with E-state index in [1.54, 1.807) is 12.1 Å². The molecule has 0 N–H and O–H groups in total. The molecule has 1 aromatic heterocycles. The summed E-state index contributed by atoms with van der Waals surface area (Å²) in [4.78, 5) is 2.42. The van der Waals surface area contributed by atoms with E-state index in [0.717, 1.165) is 17.9 Å². The van der Waals surface area contributed by atoms with Gasteiger partial charge in [-0.2, -0.15) is 0 Å². The summed E-state index contributed by atoms with van der Waals surface area (Å²) in [5, 5.41) is 5.55. The zero-order valence-electron chi connectivity index (χ0n) is 13.0. The molecule has 0 saturated carbocycles. The van der Waals surface area contributed by atoms with Crippen LogP contribution in [0.15, 0.2) is 24.3 Å². The molecule has 7 heteroatoms. The van der Waals surface area contributed by atoms with E-state index >= 15 is 0 Å². The van der Waals surface area contributed by atoms with Crippen LogP contribution in [0.4, 0.5) is 0 Å². The van der Waals surface area contributed by atoms with Crippen molar-refractivity contribution in [2.24, 2.45) is 0 Å². The summed E-state index contributed by atoms with van der Waals surface area (Å²) < 4.78 is 7.59. The third-order valence-electron chi connectivity index (χ3n) is 3.87. The van der Waals surface area contributed by atoms with Crippen LogP contribution in [-0.2, 0) is 0 Å². The van der Waals surface area contributed by atoms with Gasteiger partial charge in [-0.1, -0.05) is 23.2 Å². The van der Waals surface area contributed by atoms with Crippen LogP contribution in [0, 0.1) is 6.92 Å². The molecule has 1 aromatic carbocycles. The fourth-order valence-corrected chi connectivity index (χ4v) is 2.97. The van der Waals surface area contributed by atoms with Gasteiger partial charge >= 0.3 is 0 Å². The Kier molecular flexibility index (Phi) is 6.60. The number of benzene rings is 1. The zero-order chi connectivity index (χ0) is 15.5. The Bertz CT molecular complexity index is 654. The number of nitrogens with zero attached hydrogens (tertiary/aromatic N) is 3. The van der Waals surface area contributed by atoms with E-state index in [1.807, 2.05) is 23.7 Å². The van der Waals surface area contributed by atoms with Gasteiger partial charge in [0.25, 0.3) is 0 Å². The van der Waals surface area contributed by atoms with Gasteiger partial charge < -0.3 is 4.74 Å². The number of hydrogen-bond acceptors (Lipinski definition) is 3. The topological polar surface area (TPSA) is 30.3 Å². The molecular weight excluding hydrogens is 357 g/mol. The molecule has 0 spiro atoms. The molecule has 126 valence electrons. The second-order valence-corrected chi connectivity index (χ2v) is 6.35. The van der Waals surface area contributed by atoms with Gasteiger partial charge in [0.15, 0.2) is 0 Å². The second-order valence-electron chi connectivity index (χ2n) is 5.53. The van der Waals surface area contributed by atoms with E-state index in [0.29, 0.717) is 22.5 Å². The lowest BCUT2D eigenvalue weighted by Gasteiger charge is -2.13. The van der Waals surface area contributed by atoms with Crippen molar-refractivity contribution < 1.29 is 4.74 Å². The first-order valence-corrected chi connectivity index (χ1v) is 8.26. The standard InChI is InChI=1S/C16H19Cl2N3O.ClH/c1-12-10-16(22-9-8-20-6-2-3-7-20)19-21(12)13-4-5-14(17)15(18)11-13;/h4-5,10-11H,2-3,6-9H2,1H3;1H. The number of likely N-dealkylation sites (tertiary alicyclic amines) is 1. The first-order valence-electron chi connectivity index (χ1n) is 7.51. The summed E-state index contributed by atoms with van der Waals surface area (Å²) in [6.07, 6.45) is 2.59. The quantitative estimate of drug-likeness (QED) is 0.775. The Balaban J connectivity index is 0.00000192. The van der Waals surface area contributed by atoms with Gasteiger partial charge in [-0.05, 0) is 51.1 Å². The van der Waals surface area contributed by atoms with E-state index < -0.39 is 0 Å². The Labute approximate surface area is 152 Å². The van der Waals surface area contributed by atoms with Gasteiger partial charge in [-0.3, -0.25) is 4.90 Å². The summed E-state index contributed by atoms with van der Waals surface area (Å²) in [7, 11) is 0. The Hall–Kier alpha value is -0.940. The van der Waals surface area contributed by atoms with E-state index in [1.165, 1.54) is 25.9 Å². The highest BCUT2D eigenvalue weighted by Gasteiger charge is 2.12. The molecule has 0 radical (unpaired) electrons. The molecule has 0 atom stereocenters. The number of aromatic nitrogens is 2. The first kappa shape index (κ1) is 18.4. The van der Waals surface area contributed by atoms with Gasteiger partial charge in [-0.25, -0.2) is 4.68 Å². The predicted molar refractivity (Wildman–Crippen MR) is 96.7 cm³/mol. The van der Waals surface area contributed by atoms with Crippen LogP contribution >= 0.6 is 35.6 Å². The van der Waals surface area contributed by atoms with E-state index in [4.69, 9.17) is 27.9 Å². The maximum Gasteiger partial charge on any atom is 0.233 e. The Morgan fingerprint density at radius 1 is 1.13 bits per heavy atom. The van der Waals surface area contributed by atoms with Gasteiger partial charge in [0.1, 0.15) is 6.61 Å². The van der Waals surface area contributed by atoms with Crippen LogP contribution in [0.2, 0.25) is 10.0 Å². The molecule has 1 fully saturated rings. The van der Waals surface area contributed by atoms with Crippen molar-refractivity contribution >= 4 is 35.6 Å². The van der Waals surface area contributed by atoms with Crippen molar-refractivity contribution in [2.75, 3.05) is 26.2 Å². The van der Waals surface area contributed by atoms with Crippen LogP contribution in [0.3, 0.4) is 0 Å². The molecule has 0 amide bonds. The minimum absolute atomic E-state index is 0. The molecule has 4 nitrogen and oxygen atoms in total.